The fourth-order valence-corrected chi connectivity index (χ4v) is 2.26. The van der Waals surface area contributed by atoms with E-state index in [9.17, 15) is 9.90 Å². The van der Waals surface area contributed by atoms with Crippen LogP contribution in [-0.2, 0) is 11.2 Å². The predicted molar refractivity (Wildman–Crippen MR) is 74.3 cm³/mol. The quantitative estimate of drug-likeness (QED) is 0.617. The topological polar surface area (TPSA) is 113 Å². The Hall–Kier alpha value is -1.60. The monoisotopic (exact) mass is 282 g/mol. The van der Waals surface area contributed by atoms with E-state index in [1.165, 1.54) is 0 Å². The summed E-state index contributed by atoms with van der Waals surface area (Å²) in [6.07, 6.45) is 2.72. The number of amides is 1. The number of anilines is 1. The molecule has 1 amide bonds. The Balaban J connectivity index is 1.94. The largest absolute Gasteiger partial charge is 0.395 e. The van der Waals surface area contributed by atoms with Crippen molar-refractivity contribution in [2.24, 2.45) is 0 Å². The molecule has 2 heterocycles. The minimum atomic E-state index is -0.898. The first-order chi connectivity index (χ1) is 9.56. The molecule has 0 atom stereocenters. The Morgan fingerprint density at radius 1 is 1.55 bits per heavy atom. The Morgan fingerprint density at radius 3 is 2.90 bits per heavy atom. The van der Waals surface area contributed by atoms with Crippen molar-refractivity contribution in [3.63, 3.8) is 0 Å². The molecular weight excluding hydrogens is 260 g/mol. The Bertz CT molecular complexity index is 466. The Kier molecular flexibility index (Phi) is 4.61. The molecule has 0 unspecified atom stereocenters. The molecule has 1 fully saturated rings. The van der Waals surface area contributed by atoms with Crippen molar-refractivity contribution in [3.8, 4) is 0 Å². The van der Waals surface area contributed by atoms with Crippen LogP contribution in [-0.4, -0.2) is 46.6 Å². The summed E-state index contributed by atoms with van der Waals surface area (Å²) in [5, 5.41) is 19.7. The third kappa shape index (κ3) is 3.29. The number of nitrogens with zero attached hydrogens (tertiary/aromatic N) is 1. The van der Waals surface area contributed by atoms with Crippen LogP contribution in [0.5, 0.6) is 0 Å². The van der Waals surface area contributed by atoms with Gasteiger partial charge < -0.3 is 20.9 Å². The third-order valence-corrected chi connectivity index (χ3v) is 3.60. The average Bonchev–Trinajstić information content (AvgIpc) is 2.79. The van der Waals surface area contributed by atoms with E-state index in [2.05, 4.69) is 15.5 Å². The van der Waals surface area contributed by atoms with E-state index in [0.29, 0.717) is 31.7 Å². The number of ether oxygens (including phenoxy) is 1. The zero-order valence-corrected chi connectivity index (χ0v) is 11.7. The van der Waals surface area contributed by atoms with E-state index in [1.807, 2.05) is 6.92 Å². The van der Waals surface area contributed by atoms with Gasteiger partial charge in [-0.1, -0.05) is 13.3 Å². The van der Waals surface area contributed by atoms with Crippen molar-refractivity contribution < 1.29 is 14.6 Å². The van der Waals surface area contributed by atoms with Crippen LogP contribution in [0.3, 0.4) is 0 Å². The molecule has 1 aliphatic heterocycles. The predicted octanol–water partition coefficient (Wildman–Crippen LogP) is 0.216. The molecule has 0 aliphatic carbocycles. The highest BCUT2D eigenvalue weighted by molar-refractivity contribution is 5.97. The summed E-state index contributed by atoms with van der Waals surface area (Å²) >= 11 is 0. The molecule has 0 saturated carbocycles. The Morgan fingerprint density at radius 2 is 2.25 bits per heavy atom. The summed E-state index contributed by atoms with van der Waals surface area (Å²) in [6.45, 7) is 3.24. The molecule has 1 aromatic rings. The van der Waals surface area contributed by atoms with Crippen LogP contribution in [0.2, 0.25) is 0 Å². The van der Waals surface area contributed by atoms with Gasteiger partial charge in [-0.05, 0) is 6.42 Å². The number of hydrogen-bond donors (Lipinski definition) is 4. The van der Waals surface area contributed by atoms with Crippen LogP contribution in [0.1, 0.15) is 42.4 Å². The van der Waals surface area contributed by atoms with Gasteiger partial charge >= 0.3 is 0 Å². The summed E-state index contributed by atoms with van der Waals surface area (Å²) < 4.78 is 5.20. The van der Waals surface area contributed by atoms with Gasteiger partial charge in [0.1, 0.15) is 0 Å². The number of aromatic nitrogens is 2. The molecule has 2 rings (SSSR count). The maximum absolute atomic E-state index is 12.1. The molecule has 0 spiro atoms. The van der Waals surface area contributed by atoms with Crippen LogP contribution in [0.4, 0.5) is 5.69 Å². The number of aryl methyl sites for hydroxylation is 1. The number of carbonyl (C=O) groups excluding carboxylic acids is 1. The second-order valence-electron chi connectivity index (χ2n) is 5.23. The summed E-state index contributed by atoms with van der Waals surface area (Å²) in [6, 6.07) is 0. The molecular formula is C13H22N4O3. The highest BCUT2D eigenvalue weighted by atomic mass is 16.5. The zero-order chi connectivity index (χ0) is 14.6. The minimum Gasteiger partial charge on any atom is -0.395 e. The normalized spacial score (nSPS) is 17.9. The van der Waals surface area contributed by atoms with Crippen molar-refractivity contribution >= 4 is 11.6 Å². The van der Waals surface area contributed by atoms with Crippen LogP contribution in [0.15, 0.2) is 0 Å². The number of rotatable bonds is 5. The van der Waals surface area contributed by atoms with Crippen molar-refractivity contribution in [3.05, 3.63) is 11.4 Å². The van der Waals surface area contributed by atoms with Crippen molar-refractivity contribution in [1.82, 2.24) is 15.5 Å². The second kappa shape index (κ2) is 6.23. The number of hydrogen-bond acceptors (Lipinski definition) is 5. The first-order valence-electron chi connectivity index (χ1n) is 6.97. The van der Waals surface area contributed by atoms with Gasteiger partial charge in [0.15, 0.2) is 5.69 Å². The fraction of sp³-hybridized carbons (Fsp3) is 0.692. The van der Waals surface area contributed by atoms with Crippen molar-refractivity contribution in [2.45, 2.75) is 38.2 Å². The van der Waals surface area contributed by atoms with E-state index < -0.39 is 5.60 Å². The molecule has 7 nitrogen and oxygen atoms in total. The molecule has 7 heteroatoms. The molecule has 0 bridgehead atoms. The second-order valence-corrected chi connectivity index (χ2v) is 5.23. The first kappa shape index (κ1) is 14.8. The standard InChI is InChI=1S/C13H22N4O3/c1-2-3-9-10(14)11(17-16-9)12(18)15-8-13(19)4-6-20-7-5-13/h19H,2-8,14H2,1H3,(H,15,18)(H,16,17). The number of carbonyl (C=O) groups is 1. The lowest BCUT2D eigenvalue weighted by molar-refractivity contribution is -0.0605. The first-order valence-corrected chi connectivity index (χ1v) is 6.97. The minimum absolute atomic E-state index is 0.185. The van der Waals surface area contributed by atoms with E-state index in [4.69, 9.17) is 10.5 Å². The highest BCUT2D eigenvalue weighted by Gasteiger charge is 2.30. The van der Waals surface area contributed by atoms with Crippen molar-refractivity contribution in [1.29, 1.82) is 0 Å². The van der Waals surface area contributed by atoms with Gasteiger partial charge in [-0.15, -0.1) is 0 Å². The lowest BCUT2D eigenvalue weighted by Crippen LogP contribution is -2.46. The van der Waals surface area contributed by atoms with Crippen molar-refractivity contribution in [2.75, 3.05) is 25.5 Å². The summed E-state index contributed by atoms with van der Waals surface area (Å²) in [7, 11) is 0. The van der Waals surface area contributed by atoms with Gasteiger partial charge in [0, 0.05) is 32.6 Å². The third-order valence-electron chi connectivity index (χ3n) is 3.60. The zero-order valence-electron chi connectivity index (χ0n) is 11.7. The molecule has 0 radical (unpaired) electrons. The van der Waals surface area contributed by atoms with Gasteiger partial charge in [-0.2, -0.15) is 5.10 Å². The number of nitrogens with two attached hydrogens (primary N) is 1. The van der Waals surface area contributed by atoms with Crippen LogP contribution < -0.4 is 11.1 Å². The SMILES string of the molecule is CCCc1[nH]nc(C(=O)NCC2(O)CCOCC2)c1N. The van der Waals surface area contributed by atoms with Crippen LogP contribution in [0, 0.1) is 0 Å². The highest BCUT2D eigenvalue weighted by Crippen LogP contribution is 2.20. The molecule has 1 aromatic heterocycles. The van der Waals surface area contributed by atoms with Gasteiger partial charge in [0.25, 0.3) is 5.91 Å². The lowest BCUT2D eigenvalue weighted by atomic mass is 9.94. The van der Waals surface area contributed by atoms with E-state index in [0.717, 1.165) is 18.5 Å². The van der Waals surface area contributed by atoms with Gasteiger partial charge in [-0.3, -0.25) is 9.89 Å². The fourth-order valence-electron chi connectivity index (χ4n) is 2.26. The summed E-state index contributed by atoms with van der Waals surface area (Å²) in [4.78, 5) is 12.1. The average molecular weight is 282 g/mol. The molecule has 1 saturated heterocycles. The van der Waals surface area contributed by atoms with Gasteiger partial charge in [0.05, 0.1) is 17.0 Å². The smallest absolute Gasteiger partial charge is 0.274 e. The van der Waals surface area contributed by atoms with Crippen LogP contribution in [0.25, 0.3) is 0 Å². The van der Waals surface area contributed by atoms with Crippen LogP contribution >= 0.6 is 0 Å². The molecule has 1 aliphatic rings. The van der Waals surface area contributed by atoms with E-state index in [-0.39, 0.29) is 18.1 Å². The summed E-state index contributed by atoms with van der Waals surface area (Å²) in [5.74, 6) is -0.360. The number of H-pyrrole nitrogens is 1. The number of aliphatic hydroxyl groups is 1. The molecule has 5 N–H and O–H groups in total. The number of nitrogen functional groups attached to an aromatic ring is 1. The maximum atomic E-state index is 12.1. The molecule has 0 aromatic carbocycles. The maximum Gasteiger partial charge on any atom is 0.274 e. The molecule has 112 valence electrons. The van der Waals surface area contributed by atoms with E-state index >= 15 is 0 Å². The summed E-state index contributed by atoms with van der Waals surface area (Å²) in [5.41, 5.74) is 6.37. The number of nitrogens with one attached hydrogen (secondary N) is 2. The lowest BCUT2D eigenvalue weighted by Gasteiger charge is -2.31. The van der Waals surface area contributed by atoms with Gasteiger partial charge in [-0.25, -0.2) is 0 Å². The van der Waals surface area contributed by atoms with Gasteiger partial charge in [0.2, 0.25) is 0 Å². The van der Waals surface area contributed by atoms with E-state index in [1.54, 1.807) is 0 Å². The molecule has 20 heavy (non-hydrogen) atoms. The number of aromatic amines is 1. The Labute approximate surface area is 117 Å².